The Hall–Kier alpha value is -2.91. The van der Waals surface area contributed by atoms with Crippen LogP contribution in [0.2, 0.25) is 0 Å². The lowest BCUT2D eigenvalue weighted by Crippen LogP contribution is -2.08. The van der Waals surface area contributed by atoms with E-state index in [0.717, 1.165) is 42.6 Å². The molecule has 0 bridgehead atoms. The number of rotatable bonds is 11. The first-order chi connectivity index (χ1) is 15.6. The summed E-state index contributed by atoms with van der Waals surface area (Å²) in [6.45, 7) is 7.15. The SMILES string of the molecule is CCCCOC(C)c1ccc(OC(=O)c2ccc(-c3ccc(CCCC)cc3)cc2)cc1. The number of ether oxygens (including phenoxy) is 2. The van der Waals surface area contributed by atoms with Gasteiger partial charge in [0.25, 0.3) is 0 Å². The van der Waals surface area contributed by atoms with Gasteiger partial charge in [-0.25, -0.2) is 4.79 Å². The van der Waals surface area contributed by atoms with Gasteiger partial charge in [-0.3, -0.25) is 0 Å². The Morgan fingerprint density at radius 3 is 1.97 bits per heavy atom. The maximum absolute atomic E-state index is 12.6. The zero-order valence-corrected chi connectivity index (χ0v) is 19.5. The van der Waals surface area contributed by atoms with Gasteiger partial charge in [-0.1, -0.05) is 75.2 Å². The summed E-state index contributed by atoms with van der Waals surface area (Å²) in [5, 5.41) is 0. The average Bonchev–Trinajstić information content (AvgIpc) is 2.83. The number of carbonyl (C=O) groups excluding carboxylic acids is 1. The lowest BCUT2D eigenvalue weighted by Gasteiger charge is -2.13. The summed E-state index contributed by atoms with van der Waals surface area (Å²) < 4.78 is 11.4. The van der Waals surface area contributed by atoms with Crippen LogP contribution in [-0.4, -0.2) is 12.6 Å². The van der Waals surface area contributed by atoms with Crippen molar-refractivity contribution in [2.75, 3.05) is 6.61 Å². The molecule has 0 N–H and O–H groups in total. The molecule has 3 heteroatoms. The zero-order valence-electron chi connectivity index (χ0n) is 19.5. The minimum Gasteiger partial charge on any atom is -0.423 e. The van der Waals surface area contributed by atoms with E-state index in [1.807, 2.05) is 55.5 Å². The van der Waals surface area contributed by atoms with Gasteiger partial charge in [-0.05, 0) is 72.7 Å². The smallest absolute Gasteiger partial charge is 0.343 e. The Balaban J connectivity index is 1.57. The van der Waals surface area contributed by atoms with E-state index in [2.05, 4.69) is 38.1 Å². The monoisotopic (exact) mass is 430 g/mol. The van der Waals surface area contributed by atoms with Gasteiger partial charge in [0, 0.05) is 6.61 Å². The third-order valence-electron chi connectivity index (χ3n) is 5.65. The zero-order chi connectivity index (χ0) is 22.8. The van der Waals surface area contributed by atoms with Crippen LogP contribution in [0.4, 0.5) is 0 Å². The van der Waals surface area contributed by atoms with Crippen molar-refractivity contribution in [3.63, 3.8) is 0 Å². The third-order valence-corrected chi connectivity index (χ3v) is 5.65. The van der Waals surface area contributed by atoms with Gasteiger partial charge in [-0.15, -0.1) is 0 Å². The number of hydrogen-bond donors (Lipinski definition) is 0. The highest BCUT2D eigenvalue weighted by atomic mass is 16.5. The summed E-state index contributed by atoms with van der Waals surface area (Å²) >= 11 is 0. The topological polar surface area (TPSA) is 35.5 Å². The van der Waals surface area contributed by atoms with Crippen molar-refractivity contribution < 1.29 is 14.3 Å². The number of unbranched alkanes of at least 4 members (excludes halogenated alkanes) is 2. The molecule has 0 amide bonds. The Bertz CT molecular complexity index is 957. The maximum Gasteiger partial charge on any atom is 0.343 e. The molecule has 0 aliphatic heterocycles. The molecule has 0 aliphatic rings. The van der Waals surface area contributed by atoms with E-state index in [-0.39, 0.29) is 12.1 Å². The van der Waals surface area contributed by atoms with Gasteiger partial charge in [0.2, 0.25) is 0 Å². The van der Waals surface area contributed by atoms with Gasteiger partial charge >= 0.3 is 5.97 Å². The molecule has 168 valence electrons. The van der Waals surface area contributed by atoms with Crippen molar-refractivity contribution in [1.29, 1.82) is 0 Å². The second-order valence-corrected chi connectivity index (χ2v) is 8.20. The molecule has 32 heavy (non-hydrogen) atoms. The summed E-state index contributed by atoms with van der Waals surface area (Å²) in [5.41, 5.74) is 5.21. The fourth-order valence-electron chi connectivity index (χ4n) is 3.52. The first-order valence-corrected chi connectivity index (χ1v) is 11.7. The minimum atomic E-state index is -0.355. The van der Waals surface area contributed by atoms with E-state index < -0.39 is 0 Å². The number of hydrogen-bond acceptors (Lipinski definition) is 3. The molecule has 0 radical (unpaired) electrons. The molecule has 0 aromatic heterocycles. The first kappa shape index (κ1) is 23.7. The maximum atomic E-state index is 12.6. The van der Waals surface area contributed by atoms with Crippen molar-refractivity contribution in [2.45, 2.75) is 59.0 Å². The van der Waals surface area contributed by atoms with E-state index in [9.17, 15) is 4.79 Å². The first-order valence-electron chi connectivity index (χ1n) is 11.7. The van der Waals surface area contributed by atoms with Crippen LogP contribution in [-0.2, 0) is 11.2 Å². The van der Waals surface area contributed by atoms with E-state index in [0.29, 0.717) is 11.3 Å². The number of aryl methyl sites for hydroxylation is 1. The summed E-state index contributed by atoms with van der Waals surface area (Å²) in [6.07, 6.45) is 5.74. The predicted molar refractivity (Wildman–Crippen MR) is 131 cm³/mol. The molecular formula is C29H34O3. The van der Waals surface area contributed by atoms with Gasteiger partial charge in [0.15, 0.2) is 0 Å². The fourth-order valence-corrected chi connectivity index (χ4v) is 3.52. The molecule has 3 aromatic carbocycles. The highest BCUT2D eigenvalue weighted by molar-refractivity contribution is 5.91. The molecule has 0 heterocycles. The Kier molecular flexibility index (Phi) is 9.06. The quantitative estimate of drug-likeness (QED) is 0.177. The predicted octanol–water partition coefficient (Wildman–Crippen LogP) is 7.79. The van der Waals surface area contributed by atoms with Crippen LogP contribution in [0.3, 0.4) is 0 Å². The Morgan fingerprint density at radius 1 is 0.781 bits per heavy atom. The molecular weight excluding hydrogens is 396 g/mol. The average molecular weight is 431 g/mol. The lowest BCUT2D eigenvalue weighted by atomic mass is 10.0. The molecule has 3 nitrogen and oxygen atoms in total. The molecule has 3 rings (SSSR count). The molecule has 0 fully saturated rings. The summed E-state index contributed by atoms with van der Waals surface area (Å²) in [5.74, 6) is 0.178. The normalized spacial score (nSPS) is 11.8. The van der Waals surface area contributed by atoms with Gasteiger partial charge in [-0.2, -0.15) is 0 Å². The highest BCUT2D eigenvalue weighted by Gasteiger charge is 2.11. The largest absolute Gasteiger partial charge is 0.423 e. The van der Waals surface area contributed by atoms with Crippen molar-refractivity contribution in [3.05, 3.63) is 89.5 Å². The van der Waals surface area contributed by atoms with E-state index in [1.54, 1.807) is 0 Å². The van der Waals surface area contributed by atoms with Crippen molar-refractivity contribution in [1.82, 2.24) is 0 Å². The van der Waals surface area contributed by atoms with Gasteiger partial charge in [0.1, 0.15) is 5.75 Å². The Morgan fingerprint density at radius 2 is 1.38 bits per heavy atom. The number of carbonyl (C=O) groups is 1. The minimum absolute atomic E-state index is 0.0274. The van der Waals surface area contributed by atoms with Crippen LogP contribution in [0, 0.1) is 0 Å². The molecule has 0 spiro atoms. The van der Waals surface area contributed by atoms with Crippen LogP contribution in [0.25, 0.3) is 11.1 Å². The van der Waals surface area contributed by atoms with Gasteiger partial charge in [0.05, 0.1) is 11.7 Å². The highest BCUT2D eigenvalue weighted by Crippen LogP contribution is 2.23. The summed E-state index contributed by atoms with van der Waals surface area (Å²) in [6, 6.07) is 23.8. The van der Waals surface area contributed by atoms with Crippen molar-refractivity contribution in [2.24, 2.45) is 0 Å². The molecule has 3 aromatic rings. The molecule has 1 atom stereocenters. The fraction of sp³-hybridized carbons (Fsp3) is 0.345. The molecule has 0 saturated carbocycles. The van der Waals surface area contributed by atoms with Crippen molar-refractivity contribution >= 4 is 5.97 Å². The van der Waals surface area contributed by atoms with E-state index in [1.165, 1.54) is 18.4 Å². The van der Waals surface area contributed by atoms with Crippen molar-refractivity contribution in [3.8, 4) is 16.9 Å². The number of esters is 1. The van der Waals surface area contributed by atoms with Crippen LogP contribution < -0.4 is 4.74 Å². The number of benzene rings is 3. The van der Waals surface area contributed by atoms with Gasteiger partial charge < -0.3 is 9.47 Å². The van der Waals surface area contributed by atoms with E-state index in [4.69, 9.17) is 9.47 Å². The van der Waals surface area contributed by atoms with Crippen LogP contribution in [0.15, 0.2) is 72.8 Å². The van der Waals surface area contributed by atoms with E-state index >= 15 is 0 Å². The second kappa shape index (κ2) is 12.2. The molecule has 0 saturated heterocycles. The van der Waals surface area contributed by atoms with Crippen LogP contribution in [0.1, 0.15) is 74.0 Å². The van der Waals surface area contributed by atoms with Crippen LogP contribution >= 0.6 is 0 Å². The molecule has 0 aliphatic carbocycles. The third kappa shape index (κ3) is 6.80. The molecule has 1 unspecified atom stereocenters. The standard InChI is InChI=1S/C29H34O3/c1-4-6-8-23-9-11-25(12-10-23)26-13-15-27(16-14-26)29(30)32-28-19-17-24(18-20-28)22(3)31-21-7-5-2/h9-20,22H,4-8,21H2,1-3H3. The Labute approximate surface area is 192 Å². The summed E-state index contributed by atoms with van der Waals surface area (Å²) in [4.78, 5) is 12.6. The summed E-state index contributed by atoms with van der Waals surface area (Å²) in [7, 11) is 0. The second-order valence-electron chi connectivity index (χ2n) is 8.20. The lowest BCUT2D eigenvalue weighted by molar-refractivity contribution is 0.0636. The van der Waals surface area contributed by atoms with Crippen LogP contribution in [0.5, 0.6) is 5.75 Å².